The molecule has 0 unspecified atom stereocenters. The number of benzene rings is 1. The van der Waals surface area contributed by atoms with Gasteiger partial charge in [-0.15, -0.1) is 0 Å². The Bertz CT molecular complexity index is 637. The quantitative estimate of drug-likeness (QED) is 0.464. The van der Waals surface area contributed by atoms with Crippen molar-refractivity contribution in [2.24, 2.45) is 0 Å². The lowest BCUT2D eigenvalue weighted by Gasteiger charge is -2.13. The summed E-state index contributed by atoms with van der Waals surface area (Å²) >= 11 is 0. The molecule has 0 amide bonds. The molecule has 0 N–H and O–H groups in total. The van der Waals surface area contributed by atoms with Crippen molar-refractivity contribution in [3.05, 3.63) is 57.9 Å². The van der Waals surface area contributed by atoms with Crippen molar-refractivity contribution in [3.8, 4) is 0 Å². The molecule has 0 heterocycles. The first-order chi connectivity index (χ1) is 11.1. The molecular weight excluding hydrogens is 337 g/mol. The fourth-order valence-corrected chi connectivity index (χ4v) is 2.16. The van der Waals surface area contributed by atoms with E-state index in [-0.39, 0.29) is 24.0 Å². The van der Waals surface area contributed by atoms with Crippen LogP contribution in [0.5, 0.6) is 0 Å². The maximum absolute atomic E-state index is 14.2. The SMILES string of the molecule is C/C(F)=C(\F)CCc1ccc(CC/C(F)=C(/C)F)c(C(F)F)c1F. The highest BCUT2D eigenvalue weighted by Gasteiger charge is 2.21. The number of aryl methyl sites for hydroxylation is 2. The summed E-state index contributed by atoms with van der Waals surface area (Å²) in [6.07, 6.45) is -4.70. The Hall–Kier alpha value is -1.79. The number of alkyl halides is 2. The highest BCUT2D eigenvalue weighted by atomic mass is 19.3. The molecule has 134 valence electrons. The van der Waals surface area contributed by atoms with E-state index >= 15 is 0 Å². The molecule has 0 nitrogen and oxygen atoms in total. The zero-order chi connectivity index (χ0) is 18.4. The molecule has 0 aliphatic heterocycles. The smallest absolute Gasteiger partial charge is 0.209 e. The van der Waals surface area contributed by atoms with Crippen molar-refractivity contribution in [3.63, 3.8) is 0 Å². The molecule has 0 radical (unpaired) electrons. The number of halogens is 7. The molecular formula is C17H17F7. The van der Waals surface area contributed by atoms with Crippen LogP contribution < -0.4 is 0 Å². The largest absolute Gasteiger partial charge is 0.266 e. The molecule has 1 aromatic rings. The summed E-state index contributed by atoms with van der Waals surface area (Å²) in [6.45, 7) is 1.79. The third kappa shape index (κ3) is 5.39. The summed E-state index contributed by atoms with van der Waals surface area (Å²) in [5.74, 6) is -5.51. The zero-order valence-electron chi connectivity index (χ0n) is 13.2. The summed E-state index contributed by atoms with van der Waals surface area (Å²) in [7, 11) is 0. The van der Waals surface area contributed by atoms with Crippen molar-refractivity contribution in [2.45, 2.75) is 46.0 Å². The van der Waals surface area contributed by atoms with Gasteiger partial charge in [0.25, 0.3) is 6.43 Å². The Kier molecular flexibility index (Phi) is 7.51. The van der Waals surface area contributed by atoms with Crippen LogP contribution in [0.25, 0.3) is 0 Å². The number of hydrogen-bond acceptors (Lipinski definition) is 0. The number of allylic oxidation sites excluding steroid dienone is 4. The van der Waals surface area contributed by atoms with Gasteiger partial charge in [0.15, 0.2) is 0 Å². The van der Waals surface area contributed by atoms with E-state index in [0.717, 1.165) is 13.8 Å². The molecule has 0 bridgehead atoms. The standard InChI is InChI=1S/C17H17F7/c1-9(18)13(20)7-5-11-3-4-12(6-8-14(21)10(2)19)16(22)15(11)17(23)24/h3-4,17H,5-8H2,1-2H3/b13-9+,14-10+. The highest BCUT2D eigenvalue weighted by molar-refractivity contribution is 5.36. The Morgan fingerprint density at radius 2 is 1.25 bits per heavy atom. The second kappa shape index (κ2) is 8.89. The van der Waals surface area contributed by atoms with E-state index < -0.39 is 54.0 Å². The van der Waals surface area contributed by atoms with E-state index in [2.05, 4.69) is 0 Å². The highest BCUT2D eigenvalue weighted by Crippen LogP contribution is 2.31. The first-order valence-corrected chi connectivity index (χ1v) is 7.24. The minimum Gasteiger partial charge on any atom is -0.209 e. The van der Waals surface area contributed by atoms with Gasteiger partial charge in [-0.3, -0.25) is 0 Å². The molecule has 24 heavy (non-hydrogen) atoms. The van der Waals surface area contributed by atoms with Gasteiger partial charge < -0.3 is 0 Å². The predicted molar refractivity (Wildman–Crippen MR) is 77.8 cm³/mol. The lowest BCUT2D eigenvalue weighted by atomic mass is 9.97. The maximum Gasteiger partial charge on any atom is 0.266 e. The summed E-state index contributed by atoms with van der Waals surface area (Å²) < 4.78 is 92.0. The van der Waals surface area contributed by atoms with Crippen LogP contribution in [0.4, 0.5) is 30.7 Å². The van der Waals surface area contributed by atoms with Gasteiger partial charge in [-0.2, -0.15) is 0 Å². The minimum atomic E-state index is -3.17. The number of rotatable bonds is 7. The maximum atomic E-state index is 14.2. The molecule has 1 aromatic carbocycles. The Morgan fingerprint density at radius 1 is 0.833 bits per heavy atom. The van der Waals surface area contributed by atoms with Gasteiger partial charge >= 0.3 is 0 Å². The van der Waals surface area contributed by atoms with E-state index in [0.29, 0.717) is 0 Å². The van der Waals surface area contributed by atoms with Crippen LogP contribution in [0.1, 0.15) is 49.8 Å². The van der Waals surface area contributed by atoms with Gasteiger partial charge in [-0.25, -0.2) is 30.7 Å². The summed E-state index contributed by atoms with van der Waals surface area (Å²) in [6, 6.07) is 2.34. The molecule has 0 atom stereocenters. The lowest BCUT2D eigenvalue weighted by Crippen LogP contribution is -2.04. The van der Waals surface area contributed by atoms with Gasteiger partial charge in [0.2, 0.25) is 0 Å². The molecule has 0 saturated carbocycles. The van der Waals surface area contributed by atoms with E-state index in [4.69, 9.17) is 0 Å². The second-order valence-corrected chi connectivity index (χ2v) is 5.29. The van der Waals surface area contributed by atoms with Crippen molar-refractivity contribution >= 4 is 0 Å². The van der Waals surface area contributed by atoms with Gasteiger partial charge in [0, 0.05) is 12.8 Å². The molecule has 0 saturated heterocycles. The van der Waals surface area contributed by atoms with E-state index in [1.54, 1.807) is 0 Å². The Morgan fingerprint density at radius 3 is 1.67 bits per heavy atom. The molecule has 0 spiro atoms. The monoisotopic (exact) mass is 354 g/mol. The van der Waals surface area contributed by atoms with E-state index in [9.17, 15) is 30.7 Å². The second-order valence-electron chi connectivity index (χ2n) is 5.29. The van der Waals surface area contributed by atoms with E-state index in [1.807, 2.05) is 0 Å². The third-order valence-corrected chi connectivity index (χ3v) is 3.54. The summed E-state index contributed by atoms with van der Waals surface area (Å²) in [5.41, 5.74) is -1.26. The van der Waals surface area contributed by atoms with Crippen molar-refractivity contribution in [1.82, 2.24) is 0 Å². The lowest BCUT2D eigenvalue weighted by molar-refractivity contribution is 0.144. The predicted octanol–water partition coefficient (Wildman–Crippen LogP) is 6.97. The third-order valence-electron chi connectivity index (χ3n) is 3.54. The Labute approximate surface area is 135 Å². The number of hydrogen-bond donors (Lipinski definition) is 0. The fourth-order valence-electron chi connectivity index (χ4n) is 2.16. The average molecular weight is 354 g/mol. The van der Waals surface area contributed by atoms with Crippen LogP contribution in [0.2, 0.25) is 0 Å². The van der Waals surface area contributed by atoms with Gasteiger partial charge in [-0.1, -0.05) is 12.1 Å². The summed E-state index contributed by atoms with van der Waals surface area (Å²) in [4.78, 5) is 0. The van der Waals surface area contributed by atoms with Crippen LogP contribution in [0, 0.1) is 5.82 Å². The topological polar surface area (TPSA) is 0 Å². The first-order valence-electron chi connectivity index (χ1n) is 7.24. The van der Waals surface area contributed by atoms with Crippen LogP contribution in [0.3, 0.4) is 0 Å². The molecule has 0 aliphatic carbocycles. The van der Waals surface area contributed by atoms with Gasteiger partial charge in [-0.05, 0) is 37.8 Å². The molecule has 0 aromatic heterocycles. The van der Waals surface area contributed by atoms with Crippen LogP contribution >= 0.6 is 0 Å². The van der Waals surface area contributed by atoms with Crippen LogP contribution in [-0.2, 0) is 12.8 Å². The summed E-state index contributed by atoms with van der Waals surface area (Å²) in [5, 5.41) is 0. The zero-order valence-corrected chi connectivity index (χ0v) is 13.2. The first kappa shape index (κ1) is 20.3. The molecule has 0 aliphatic rings. The average Bonchev–Trinajstić information content (AvgIpc) is 2.50. The van der Waals surface area contributed by atoms with Crippen molar-refractivity contribution < 1.29 is 30.7 Å². The normalized spacial score (nSPS) is 13.9. The molecule has 7 heteroatoms. The minimum absolute atomic E-state index is 0.152. The Balaban J connectivity index is 3.06. The molecule has 0 fully saturated rings. The fraction of sp³-hybridized carbons (Fsp3) is 0.412. The van der Waals surface area contributed by atoms with E-state index in [1.165, 1.54) is 12.1 Å². The van der Waals surface area contributed by atoms with Gasteiger partial charge in [0.05, 0.1) is 5.56 Å². The van der Waals surface area contributed by atoms with Crippen molar-refractivity contribution in [2.75, 3.05) is 0 Å². The van der Waals surface area contributed by atoms with Crippen molar-refractivity contribution in [1.29, 1.82) is 0 Å². The van der Waals surface area contributed by atoms with Crippen LogP contribution in [0.15, 0.2) is 35.4 Å². The van der Waals surface area contributed by atoms with Gasteiger partial charge in [0.1, 0.15) is 29.1 Å². The molecule has 1 rings (SSSR count). The van der Waals surface area contributed by atoms with Crippen LogP contribution in [-0.4, -0.2) is 0 Å².